The number of fused-ring (bicyclic) bond motifs is 13. The van der Waals surface area contributed by atoms with Crippen molar-refractivity contribution in [3.8, 4) is 11.1 Å². The van der Waals surface area contributed by atoms with Gasteiger partial charge in [-0.15, -0.1) is 0 Å². The number of anilines is 2. The van der Waals surface area contributed by atoms with E-state index in [2.05, 4.69) is 84.9 Å². The first-order valence-corrected chi connectivity index (χ1v) is 11.6. The highest BCUT2D eigenvalue weighted by atomic mass is 14.6. The zero-order chi connectivity index (χ0) is 22.6. The topological polar surface area (TPSA) is 52.0 Å². The zero-order valence-corrected chi connectivity index (χ0v) is 18.4. The van der Waals surface area contributed by atoms with Crippen molar-refractivity contribution in [3.63, 3.8) is 0 Å². The van der Waals surface area contributed by atoms with Crippen LogP contribution in [0.25, 0.3) is 75.8 Å². The molecular formula is C32H20N2. The molecule has 0 fully saturated rings. The molecule has 0 amide bonds. The van der Waals surface area contributed by atoms with E-state index in [4.69, 9.17) is 11.5 Å². The van der Waals surface area contributed by atoms with Crippen molar-refractivity contribution in [2.75, 3.05) is 11.5 Å². The van der Waals surface area contributed by atoms with E-state index in [0.29, 0.717) is 0 Å². The molecule has 0 radical (unpaired) electrons. The molecule has 158 valence electrons. The van der Waals surface area contributed by atoms with E-state index in [-0.39, 0.29) is 0 Å². The Morgan fingerprint density at radius 3 is 1.91 bits per heavy atom. The van der Waals surface area contributed by atoms with Crippen molar-refractivity contribution in [1.82, 2.24) is 0 Å². The lowest BCUT2D eigenvalue weighted by atomic mass is 9.76. The summed E-state index contributed by atoms with van der Waals surface area (Å²) in [5.41, 5.74) is 17.6. The summed E-state index contributed by atoms with van der Waals surface area (Å²) in [6.45, 7) is 0. The fourth-order valence-electron chi connectivity index (χ4n) is 6.22. The number of benzene rings is 6. The summed E-state index contributed by atoms with van der Waals surface area (Å²) in [5, 5.41) is 14.9. The summed E-state index contributed by atoms with van der Waals surface area (Å²) in [4.78, 5) is 0. The fourth-order valence-corrected chi connectivity index (χ4v) is 6.22. The molecule has 0 saturated carbocycles. The van der Waals surface area contributed by atoms with Gasteiger partial charge in [-0.25, -0.2) is 0 Å². The van der Waals surface area contributed by atoms with Crippen LogP contribution >= 0.6 is 0 Å². The van der Waals surface area contributed by atoms with E-state index in [1.807, 2.05) is 12.1 Å². The van der Waals surface area contributed by atoms with Gasteiger partial charge in [-0.2, -0.15) is 0 Å². The Hall–Kier alpha value is -4.56. The fraction of sp³-hybridized carbons (Fsp3) is 0. The van der Waals surface area contributed by atoms with E-state index < -0.39 is 0 Å². The third-order valence-electron chi connectivity index (χ3n) is 7.65. The van der Waals surface area contributed by atoms with Gasteiger partial charge in [0.15, 0.2) is 0 Å². The van der Waals surface area contributed by atoms with E-state index >= 15 is 0 Å². The van der Waals surface area contributed by atoms with Crippen LogP contribution in [0.2, 0.25) is 0 Å². The maximum absolute atomic E-state index is 7.05. The monoisotopic (exact) mass is 432 g/mol. The van der Waals surface area contributed by atoms with Gasteiger partial charge in [0.05, 0.1) is 0 Å². The Morgan fingerprint density at radius 1 is 0.382 bits per heavy atom. The summed E-state index contributed by atoms with van der Waals surface area (Å²) < 4.78 is 0. The predicted octanol–water partition coefficient (Wildman–Crippen LogP) is 8.31. The van der Waals surface area contributed by atoms with Gasteiger partial charge in [0.2, 0.25) is 0 Å². The van der Waals surface area contributed by atoms with Crippen LogP contribution in [0.15, 0.2) is 97.1 Å². The highest BCUT2D eigenvalue weighted by Gasteiger charge is 2.28. The first-order chi connectivity index (χ1) is 16.7. The molecule has 4 N–H and O–H groups in total. The van der Waals surface area contributed by atoms with Crippen LogP contribution in [0.1, 0.15) is 0 Å². The summed E-state index contributed by atoms with van der Waals surface area (Å²) in [5.74, 6) is 0. The molecule has 0 aliphatic heterocycles. The van der Waals surface area contributed by atoms with Crippen molar-refractivity contribution in [2.45, 2.75) is 0 Å². The van der Waals surface area contributed by atoms with Crippen molar-refractivity contribution in [2.24, 2.45) is 0 Å². The second kappa shape index (κ2) is 6.06. The predicted molar refractivity (Wildman–Crippen MR) is 148 cm³/mol. The minimum atomic E-state index is 0.824. The van der Waals surface area contributed by atoms with Gasteiger partial charge in [0.1, 0.15) is 0 Å². The SMILES string of the molecule is Nc1cccc2ccc3c4c(-c5ccccc5)c(N)c5c6c7ccccc7ccc6c5c4c3c12. The van der Waals surface area contributed by atoms with Crippen molar-refractivity contribution >= 4 is 76.0 Å². The second-order valence-electron chi connectivity index (χ2n) is 9.30. The number of nitrogens with two attached hydrogens (primary N) is 2. The maximum Gasteiger partial charge on any atom is 0.0486 e. The van der Waals surface area contributed by atoms with Crippen LogP contribution in [0.3, 0.4) is 0 Å². The first kappa shape index (κ1) is 17.9. The van der Waals surface area contributed by atoms with E-state index in [9.17, 15) is 0 Å². The van der Waals surface area contributed by atoms with Gasteiger partial charge in [-0.3, -0.25) is 0 Å². The Morgan fingerprint density at radius 2 is 1.06 bits per heavy atom. The third kappa shape index (κ3) is 1.98. The van der Waals surface area contributed by atoms with Crippen molar-refractivity contribution < 1.29 is 0 Å². The molecule has 2 heteroatoms. The molecule has 0 atom stereocenters. The van der Waals surface area contributed by atoms with Gasteiger partial charge >= 0.3 is 0 Å². The van der Waals surface area contributed by atoms with Gasteiger partial charge in [-0.1, -0.05) is 91.0 Å². The normalized spacial score (nSPS) is 12.4. The molecule has 34 heavy (non-hydrogen) atoms. The second-order valence-corrected chi connectivity index (χ2v) is 9.30. The lowest BCUT2D eigenvalue weighted by Gasteiger charge is -2.27. The summed E-state index contributed by atoms with van der Waals surface area (Å²) in [6, 6.07) is 34.2. The molecule has 0 bridgehead atoms. The minimum absolute atomic E-state index is 0.824. The highest BCUT2D eigenvalue weighted by Crippen LogP contribution is 2.57. The molecule has 0 unspecified atom stereocenters. The molecule has 8 aromatic carbocycles. The van der Waals surface area contributed by atoms with Crippen LogP contribution in [0.5, 0.6) is 0 Å². The highest BCUT2D eigenvalue weighted by molar-refractivity contribution is 6.52. The average molecular weight is 433 g/mol. The Labute approximate surface area is 195 Å². The van der Waals surface area contributed by atoms with Crippen LogP contribution in [-0.4, -0.2) is 0 Å². The van der Waals surface area contributed by atoms with Crippen LogP contribution < -0.4 is 11.5 Å². The standard InChI is InChI=1S/C32H20N2/c33-23-12-6-10-19-14-16-22-27(24(19)23)30-28(22)25(18-8-2-1-3-9-18)32(34)31-26-20-11-5-4-7-17(20)13-15-21(26)29(30)31/h1-16H,33-34H2. The molecule has 0 aliphatic carbocycles. The Bertz CT molecular complexity index is 2070. The average Bonchev–Trinajstić information content (AvgIpc) is 2.85. The van der Waals surface area contributed by atoms with E-state index in [1.165, 1.54) is 59.2 Å². The minimum Gasteiger partial charge on any atom is -0.398 e. The quantitative estimate of drug-likeness (QED) is 0.256. The van der Waals surface area contributed by atoms with E-state index in [1.54, 1.807) is 0 Å². The summed E-state index contributed by atoms with van der Waals surface area (Å²) in [6.07, 6.45) is 0. The Balaban J connectivity index is 1.69. The van der Waals surface area contributed by atoms with Gasteiger partial charge in [0.25, 0.3) is 0 Å². The molecule has 0 aliphatic rings. The maximum atomic E-state index is 7.05. The molecule has 2 nitrogen and oxygen atoms in total. The van der Waals surface area contributed by atoms with E-state index in [0.717, 1.165) is 27.9 Å². The van der Waals surface area contributed by atoms with Gasteiger partial charge in [-0.05, 0) is 38.6 Å². The molecular weight excluding hydrogens is 412 g/mol. The molecule has 0 spiro atoms. The van der Waals surface area contributed by atoms with Gasteiger partial charge < -0.3 is 11.5 Å². The summed E-state index contributed by atoms with van der Waals surface area (Å²) in [7, 11) is 0. The molecule has 0 heterocycles. The lowest BCUT2D eigenvalue weighted by molar-refractivity contribution is 1.67. The largest absolute Gasteiger partial charge is 0.398 e. The first-order valence-electron chi connectivity index (χ1n) is 11.6. The van der Waals surface area contributed by atoms with Crippen molar-refractivity contribution in [1.29, 1.82) is 0 Å². The number of rotatable bonds is 1. The molecule has 0 saturated heterocycles. The third-order valence-corrected chi connectivity index (χ3v) is 7.65. The van der Waals surface area contributed by atoms with Crippen LogP contribution in [-0.2, 0) is 0 Å². The van der Waals surface area contributed by atoms with Gasteiger partial charge in [0, 0.05) is 54.6 Å². The smallest absolute Gasteiger partial charge is 0.0486 e. The lowest BCUT2D eigenvalue weighted by Crippen LogP contribution is -2.02. The zero-order valence-electron chi connectivity index (χ0n) is 18.4. The molecule has 8 aromatic rings. The molecule has 8 rings (SSSR count). The van der Waals surface area contributed by atoms with Crippen LogP contribution in [0.4, 0.5) is 11.4 Å². The summed E-state index contributed by atoms with van der Waals surface area (Å²) >= 11 is 0. The number of hydrogen-bond acceptors (Lipinski definition) is 2. The molecule has 0 aromatic heterocycles. The van der Waals surface area contributed by atoms with Crippen LogP contribution in [0, 0.1) is 0 Å². The number of nitrogen functional groups attached to an aromatic ring is 2. The van der Waals surface area contributed by atoms with Crippen molar-refractivity contribution in [3.05, 3.63) is 97.1 Å². The number of hydrogen-bond donors (Lipinski definition) is 2. The Kier molecular flexibility index (Phi) is 3.20.